The predicted molar refractivity (Wildman–Crippen MR) is 117 cm³/mol. The second-order valence-electron chi connectivity index (χ2n) is 8.01. The smallest absolute Gasteiger partial charge is 0.429 e. The summed E-state index contributed by atoms with van der Waals surface area (Å²) in [7, 11) is 0. The van der Waals surface area contributed by atoms with Crippen molar-refractivity contribution in [3.05, 3.63) is 60.7 Å². The molecule has 0 amide bonds. The van der Waals surface area contributed by atoms with E-state index in [1.165, 1.54) is 36.7 Å². The Hall–Kier alpha value is -3.53. The van der Waals surface area contributed by atoms with Gasteiger partial charge < -0.3 is 20.2 Å². The molecule has 1 aliphatic rings. The molecule has 5 rings (SSSR count). The van der Waals surface area contributed by atoms with Gasteiger partial charge in [0.1, 0.15) is 6.26 Å². The van der Waals surface area contributed by atoms with Crippen LogP contribution in [0, 0.1) is 0 Å². The standard InChI is InChI=1S/C23H22F3N5O2/c24-23(25,26)21(14-4-2-1-3-5-14)33-20-19-17(11-29-22(20)27)18(13-32-19)15-10-30-31(12-15)16-6-8-28-9-7-16/h1-5,10-13,16,21,28H,6-9H2,(H2,27,29)/t21-/m1/s1. The molecule has 1 saturated heterocycles. The molecule has 10 heteroatoms. The molecule has 4 aromatic rings. The number of nitrogen functional groups attached to an aromatic ring is 1. The zero-order valence-corrected chi connectivity index (χ0v) is 17.5. The summed E-state index contributed by atoms with van der Waals surface area (Å²) in [5.74, 6) is -0.422. The van der Waals surface area contributed by atoms with Gasteiger partial charge in [0.05, 0.1) is 17.6 Å². The molecule has 1 atom stereocenters. The fourth-order valence-electron chi connectivity index (χ4n) is 4.14. The van der Waals surface area contributed by atoms with Gasteiger partial charge >= 0.3 is 6.18 Å². The molecule has 4 heterocycles. The van der Waals surface area contributed by atoms with Crippen LogP contribution in [0.3, 0.4) is 0 Å². The molecule has 172 valence electrons. The first-order chi connectivity index (χ1) is 15.9. The van der Waals surface area contributed by atoms with Crippen LogP contribution < -0.4 is 15.8 Å². The Morgan fingerprint density at radius 3 is 2.64 bits per heavy atom. The normalized spacial score (nSPS) is 16.2. The van der Waals surface area contributed by atoms with E-state index in [1.54, 1.807) is 12.3 Å². The molecule has 3 N–H and O–H groups in total. The third kappa shape index (κ3) is 4.13. The third-order valence-corrected chi connectivity index (χ3v) is 5.83. The van der Waals surface area contributed by atoms with Gasteiger partial charge in [-0.15, -0.1) is 0 Å². The number of pyridine rings is 1. The summed E-state index contributed by atoms with van der Waals surface area (Å²) in [6.07, 6.45) is 1.64. The lowest BCUT2D eigenvalue weighted by atomic mass is 10.1. The number of alkyl halides is 3. The molecule has 3 aromatic heterocycles. The maximum atomic E-state index is 13.8. The number of anilines is 1. The number of hydrogen-bond acceptors (Lipinski definition) is 6. The largest absolute Gasteiger partial charge is 0.468 e. The van der Waals surface area contributed by atoms with E-state index in [0.29, 0.717) is 17.0 Å². The number of aromatic nitrogens is 3. The maximum absolute atomic E-state index is 13.8. The van der Waals surface area contributed by atoms with Crippen molar-refractivity contribution in [3.63, 3.8) is 0 Å². The molecule has 7 nitrogen and oxygen atoms in total. The van der Waals surface area contributed by atoms with E-state index in [2.05, 4.69) is 15.4 Å². The minimum absolute atomic E-state index is 0.0450. The van der Waals surface area contributed by atoms with Crippen molar-refractivity contribution in [2.45, 2.75) is 31.2 Å². The van der Waals surface area contributed by atoms with Crippen LogP contribution in [0.4, 0.5) is 19.0 Å². The van der Waals surface area contributed by atoms with Crippen molar-refractivity contribution in [2.75, 3.05) is 18.8 Å². The highest BCUT2D eigenvalue weighted by atomic mass is 19.4. The van der Waals surface area contributed by atoms with Crippen LogP contribution in [0.5, 0.6) is 5.75 Å². The average Bonchev–Trinajstić information content (AvgIpc) is 3.46. The quantitative estimate of drug-likeness (QED) is 0.444. The highest BCUT2D eigenvalue weighted by Crippen LogP contribution is 2.43. The summed E-state index contributed by atoms with van der Waals surface area (Å²) in [5, 5.41) is 8.31. The molecule has 33 heavy (non-hydrogen) atoms. The number of nitrogens with zero attached hydrogens (tertiary/aromatic N) is 3. The summed E-state index contributed by atoms with van der Waals surface area (Å²) >= 11 is 0. The molecule has 1 fully saturated rings. The van der Waals surface area contributed by atoms with Crippen LogP contribution >= 0.6 is 0 Å². The molecule has 0 saturated carbocycles. The van der Waals surface area contributed by atoms with Gasteiger partial charge in [-0.05, 0) is 25.9 Å². The van der Waals surface area contributed by atoms with E-state index in [9.17, 15) is 13.2 Å². The molecule has 0 bridgehead atoms. The molecular weight excluding hydrogens is 435 g/mol. The number of rotatable bonds is 5. The molecule has 1 aromatic carbocycles. The summed E-state index contributed by atoms with van der Waals surface area (Å²) < 4.78 is 54.5. The van der Waals surface area contributed by atoms with E-state index >= 15 is 0 Å². The molecular formula is C23H22F3N5O2. The molecule has 0 unspecified atom stereocenters. The van der Waals surface area contributed by atoms with Gasteiger partial charge in [-0.25, -0.2) is 4.98 Å². The summed E-state index contributed by atoms with van der Waals surface area (Å²) in [6.45, 7) is 1.86. The van der Waals surface area contributed by atoms with Gasteiger partial charge in [-0.2, -0.15) is 18.3 Å². The second-order valence-corrected chi connectivity index (χ2v) is 8.01. The number of fused-ring (bicyclic) bond motifs is 1. The van der Waals surface area contributed by atoms with Crippen LogP contribution in [-0.2, 0) is 0 Å². The maximum Gasteiger partial charge on any atom is 0.429 e. The van der Waals surface area contributed by atoms with Gasteiger partial charge in [0, 0.05) is 29.1 Å². The van der Waals surface area contributed by atoms with Crippen LogP contribution in [0.25, 0.3) is 22.1 Å². The van der Waals surface area contributed by atoms with E-state index in [-0.39, 0.29) is 22.7 Å². The Balaban J connectivity index is 1.51. The van der Waals surface area contributed by atoms with Crippen molar-refractivity contribution >= 4 is 16.8 Å². The fraction of sp³-hybridized carbons (Fsp3) is 0.304. The predicted octanol–water partition coefficient (Wildman–Crippen LogP) is 4.88. The van der Waals surface area contributed by atoms with Gasteiger partial charge in [0.25, 0.3) is 0 Å². The number of ether oxygens (including phenoxy) is 1. The molecule has 0 aliphatic carbocycles. The zero-order chi connectivity index (χ0) is 23.0. The first-order valence-corrected chi connectivity index (χ1v) is 10.6. The Bertz CT molecular complexity index is 1250. The van der Waals surface area contributed by atoms with Crippen LogP contribution in [0.15, 0.2) is 59.6 Å². The number of piperidine rings is 1. The first kappa shape index (κ1) is 21.3. The number of benzene rings is 1. The van der Waals surface area contributed by atoms with E-state index < -0.39 is 12.3 Å². The van der Waals surface area contributed by atoms with Crippen molar-refractivity contribution in [1.82, 2.24) is 20.1 Å². The SMILES string of the molecule is Nc1ncc2c(-c3cnn(C4CCNCC4)c3)coc2c1O[C@H](c1ccccc1)C(F)(F)F. The number of nitrogens with two attached hydrogens (primary N) is 1. The number of hydrogen-bond donors (Lipinski definition) is 2. The van der Waals surface area contributed by atoms with Gasteiger partial charge in [-0.1, -0.05) is 30.3 Å². The number of furan rings is 1. The summed E-state index contributed by atoms with van der Waals surface area (Å²) in [6, 6.07) is 7.67. The Kier molecular flexibility index (Phi) is 5.45. The average molecular weight is 457 g/mol. The monoisotopic (exact) mass is 457 g/mol. The summed E-state index contributed by atoms with van der Waals surface area (Å²) in [4.78, 5) is 4.08. The highest BCUT2D eigenvalue weighted by Gasteiger charge is 2.44. The van der Waals surface area contributed by atoms with Gasteiger partial charge in [-0.3, -0.25) is 4.68 Å². The third-order valence-electron chi connectivity index (χ3n) is 5.83. The van der Waals surface area contributed by atoms with Gasteiger partial charge in [0.2, 0.25) is 11.9 Å². The first-order valence-electron chi connectivity index (χ1n) is 10.6. The van der Waals surface area contributed by atoms with Gasteiger partial charge in [0.15, 0.2) is 11.4 Å². The van der Waals surface area contributed by atoms with Crippen LogP contribution in [-0.4, -0.2) is 34.0 Å². The van der Waals surface area contributed by atoms with Crippen molar-refractivity contribution < 1.29 is 22.3 Å². The topological polar surface area (TPSA) is 91.1 Å². The minimum atomic E-state index is -4.67. The van der Waals surface area contributed by atoms with Crippen molar-refractivity contribution in [2.24, 2.45) is 0 Å². The van der Waals surface area contributed by atoms with E-state index in [1.807, 2.05) is 10.9 Å². The van der Waals surface area contributed by atoms with E-state index in [0.717, 1.165) is 31.5 Å². The molecule has 1 aliphatic heterocycles. The highest BCUT2D eigenvalue weighted by molar-refractivity contribution is 5.97. The minimum Gasteiger partial charge on any atom is -0.468 e. The number of halogens is 3. The molecule has 0 spiro atoms. The number of nitrogens with one attached hydrogen (secondary N) is 1. The Morgan fingerprint density at radius 2 is 1.91 bits per heavy atom. The lowest BCUT2D eigenvalue weighted by Gasteiger charge is -2.22. The Labute approximate surface area is 187 Å². The van der Waals surface area contributed by atoms with E-state index in [4.69, 9.17) is 14.9 Å². The van der Waals surface area contributed by atoms with Crippen molar-refractivity contribution in [3.8, 4) is 16.9 Å². The van der Waals surface area contributed by atoms with Crippen molar-refractivity contribution in [1.29, 1.82) is 0 Å². The Morgan fingerprint density at radius 1 is 1.15 bits per heavy atom. The fourth-order valence-corrected chi connectivity index (χ4v) is 4.14. The van der Waals surface area contributed by atoms with Crippen LogP contribution in [0.1, 0.15) is 30.6 Å². The molecule has 0 radical (unpaired) electrons. The zero-order valence-electron chi connectivity index (χ0n) is 17.5. The van der Waals surface area contributed by atoms with Crippen LogP contribution in [0.2, 0.25) is 0 Å². The lowest BCUT2D eigenvalue weighted by Crippen LogP contribution is -2.29. The second kappa shape index (κ2) is 8.43. The lowest BCUT2D eigenvalue weighted by molar-refractivity contribution is -0.197. The summed E-state index contributed by atoms with van der Waals surface area (Å²) in [5.41, 5.74) is 7.42.